The maximum atomic E-state index is 12.5. The average Bonchev–Trinajstić information content (AvgIpc) is 3.35. The number of nitrogens with zero attached hydrogens (tertiary/aromatic N) is 1. The van der Waals surface area contributed by atoms with Crippen LogP contribution in [-0.4, -0.2) is 23.0 Å². The molecule has 0 fully saturated rings. The van der Waals surface area contributed by atoms with Crippen LogP contribution in [0.15, 0.2) is 60.2 Å². The topological polar surface area (TPSA) is 67.0 Å². The molecule has 3 heterocycles. The molecule has 0 atom stereocenters. The summed E-state index contributed by atoms with van der Waals surface area (Å²) in [6.45, 7) is 0.420. The van der Waals surface area contributed by atoms with Crippen LogP contribution < -0.4 is 10.1 Å². The van der Waals surface area contributed by atoms with Crippen LogP contribution >= 0.6 is 11.3 Å². The summed E-state index contributed by atoms with van der Waals surface area (Å²) in [5.41, 5.74) is 3.41. The number of carbonyl (C=O) groups is 1. The van der Waals surface area contributed by atoms with Gasteiger partial charge in [-0.3, -0.25) is 9.78 Å². The smallest absolute Gasteiger partial charge is 0.267 e. The van der Waals surface area contributed by atoms with Crippen molar-refractivity contribution in [3.8, 4) is 16.2 Å². The fourth-order valence-electron chi connectivity index (χ4n) is 2.79. The van der Waals surface area contributed by atoms with E-state index in [9.17, 15) is 4.79 Å². The van der Waals surface area contributed by atoms with Crippen molar-refractivity contribution < 1.29 is 9.53 Å². The highest BCUT2D eigenvalue weighted by Gasteiger charge is 2.10. The van der Waals surface area contributed by atoms with Gasteiger partial charge in [-0.05, 0) is 41.3 Å². The number of aromatic nitrogens is 2. The first-order valence-corrected chi connectivity index (χ1v) is 9.03. The predicted molar refractivity (Wildman–Crippen MR) is 104 cm³/mol. The van der Waals surface area contributed by atoms with Crippen molar-refractivity contribution in [3.63, 3.8) is 0 Å². The van der Waals surface area contributed by atoms with Gasteiger partial charge >= 0.3 is 0 Å². The van der Waals surface area contributed by atoms with Crippen molar-refractivity contribution in [2.24, 2.45) is 0 Å². The molecule has 3 aromatic heterocycles. The number of pyridine rings is 1. The Morgan fingerprint density at radius 2 is 2.15 bits per heavy atom. The van der Waals surface area contributed by atoms with E-state index in [-0.39, 0.29) is 5.91 Å². The third-order valence-electron chi connectivity index (χ3n) is 4.13. The fraction of sp³-hybridized carbons (Fsp3) is 0.100. The van der Waals surface area contributed by atoms with Gasteiger partial charge in [-0.25, -0.2) is 0 Å². The van der Waals surface area contributed by atoms with Gasteiger partial charge in [0, 0.05) is 46.3 Å². The Hall–Kier alpha value is -3.12. The predicted octanol–water partition coefficient (Wildman–Crippen LogP) is 4.23. The van der Waals surface area contributed by atoms with E-state index in [1.54, 1.807) is 24.6 Å². The number of hydrogen-bond donors (Lipinski definition) is 2. The molecule has 0 aliphatic heterocycles. The van der Waals surface area contributed by atoms with E-state index in [1.807, 2.05) is 41.9 Å². The van der Waals surface area contributed by atoms with E-state index < -0.39 is 0 Å². The maximum absolute atomic E-state index is 12.5. The molecule has 0 saturated heterocycles. The molecule has 0 aliphatic carbocycles. The van der Waals surface area contributed by atoms with Crippen molar-refractivity contribution in [2.45, 2.75) is 6.54 Å². The molecule has 0 radical (unpaired) electrons. The number of H-pyrrole nitrogens is 1. The second kappa shape index (κ2) is 7.01. The first-order chi connectivity index (χ1) is 12.7. The number of nitrogens with one attached hydrogen (secondary N) is 2. The highest BCUT2D eigenvalue weighted by atomic mass is 32.1. The zero-order valence-corrected chi connectivity index (χ0v) is 15.0. The third kappa shape index (κ3) is 3.32. The van der Waals surface area contributed by atoms with Crippen LogP contribution in [-0.2, 0) is 6.54 Å². The molecule has 130 valence electrons. The average molecular weight is 363 g/mol. The quantitative estimate of drug-likeness (QED) is 0.558. The zero-order chi connectivity index (χ0) is 17.9. The molecule has 6 heteroatoms. The number of hydrogen-bond acceptors (Lipinski definition) is 4. The number of ether oxygens (including phenoxy) is 1. The lowest BCUT2D eigenvalue weighted by Gasteiger charge is -2.05. The zero-order valence-electron chi connectivity index (χ0n) is 14.2. The first kappa shape index (κ1) is 16.4. The van der Waals surface area contributed by atoms with Gasteiger partial charge in [0.1, 0.15) is 11.4 Å². The van der Waals surface area contributed by atoms with Gasteiger partial charge in [0.15, 0.2) is 0 Å². The Balaban J connectivity index is 1.48. The van der Waals surface area contributed by atoms with Crippen LogP contribution in [0.1, 0.15) is 16.1 Å². The summed E-state index contributed by atoms with van der Waals surface area (Å²) in [6.07, 6.45) is 3.61. The van der Waals surface area contributed by atoms with Gasteiger partial charge in [0.25, 0.3) is 5.91 Å². The molecular formula is C20H17N3O2S. The minimum Gasteiger partial charge on any atom is -0.497 e. The monoisotopic (exact) mass is 363 g/mol. The number of thiophene rings is 1. The van der Waals surface area contributed by atoms with Crippen molar-refractivity contribution in [2.75, 3.05) is 7.11 Å². The number of methoxy groups -OCH3 is 1. The second-order valence-electron chi connectivity index (χ2n) is 5.88. The van der Waals surface area contributed by atoms with Crippen molar-refractivity contribution in [1.29, 1.82) is 0 Å². The molecular weight excluding hydrogens is 346 g/mol. The van der Waals surface area contributed by atoms with Crippen LogP contribution in [0.3, 0.4) is 0 Å². The summed E-state index contributed by atoms with van der Waals surface area (Å²) in [7, 11) is 1.62. The normalized spacial score (nSPS) is 10.8. The Kier molecular flexibility index (Phi) is 4.41. The van der Waals surface area contributed by atoms with Crippen molar-refractivity contribution >= 4 is 28.1 Å². The van der Waals surface area contributed by atoms with E-state index >= 15 is 0 Å². The van der Waals surface area contributed by atoms with Gasteiger partial charge in [-0.1, -0.05) is 6.07 Å². The maximum Gasteiger partial charge on any atom is 0.267 e. The van der Waals surface area contributed by atoms with Gasteiger partial charge < -0.3 is 15.0 Å². The van der Waals surface area contributed by atoms with Crippen LogP contribution in [0.4, 0.5) is 0 Å². The van der Waals surface area contributed by atoms with Crippen LogP contribution in [0.25, 0.3) is 21.3 Å². The summed E-state index contributed by atoms with van der Waals surface area (Å²) >= 11 is 1.67. The lowest BCUT2D eigenvalue weighted by molar-refractivity contribution is 0.0946. The molecule has 0 unspecified atom stereocenters. The summed E-state index contributed by atoms with van der Waals surface area (Å²) < 4.78 is 5.21. The number of rotatable bonds is 5. The van der Waals surface area contributed by atoms with Gasteiger partial charge in [0.2, 0.25) is 0 Å². The third-order valence-corrected chi connectivity index (χ3v) is 5.05. The SMILES string of the molecule is COc1ccc2cc(C(=O)NCc3cncc(-c4cccs4)c3)[nH]c2c1. The van der Waals surface area contributed by atoms with Crippen LogP contribution in [0, 0.1) is 0 Å². The molecule has 5 nitrogen and oxygen atoms in total. The molecule has 4 rings (SSSR count). The minimum absolute atomic E-state index is 0.151. The number of amides is 1. The number of aromatic amines is 1. The molecule has 26 heavy (non-hydrogen) atoms. The minimum atomic E-state index is -0.151. The summed E-state index contributed by atoms with van der Waals surface area (Å²) in [6, 6.07) is 13.6. The second-order valence-corrected chi connectivity index (χ2v) is 6.83. The lowest BCUT2D eigenvalue weighted by atomic mass is 10.2. The Morgan fingerprint density at radius 1 is 1.23 bits per heavy atom. The standard InChI is InChI=1S/C20H17N3O2S/c1-25-16-5-4-14-8-18(23-17(14)9-16)20(24)22-11-13-7-15(12-21-10-13)19-3-2-6-26-19/h2-10,12,23H,11H2,1H3,(H,22,24). The van der Waals surface area contributed by atoms with E-state index in [4.69, 9.17) is 4.74 Å². The molecule has 4 aromatic rings. The Morgan fingerprint density at radius 3 is 2.96 bits per heavy atom. The van der Waals surface area contributed by atoms with Gasteiger partial charge in [0.05, 0.1) is 7.11 Å². The molecule has 0 spiro atoms. The largest absolute Gasteiger partial charge is 0.497 e. The van der Waals surface area contributed by atoms with E-state index in [2.05, 4.69) is 27.4 Å². The highest BCUT2D eigenvalue weighted by molar-refractivity contribution is 7.13. The van der Waals surface area contributed by atoms with E-state index in [1.165, 1.54) is 0 Å². The summed E-state index contributed by atoms with van der Waals surface area (Å²) in [4.78, 5) is 21.0. The molecule has 2 N–H and O–H groups in total. The first-order valence-electron chi connectivity index (χ1n) is 8.16. The Labute approximate surface area is 154 Å². The van der Waals surface area contributed by atoms with Crippen molar-refractivity contribution in [3.05, 3.63) is 71.5 Å². The van der Waals surface area contributed by atoms with Gasteiger partial charge in [-0.15, -0.1) is 11.3 Å². The van der Waals surface area contributed by atoms with Crippen LogP contribution in [0.2, 0.25) is 0 Å². The summed E-state index contributed by atoms with van der Waals surface area (Å²) in [5, 5.41) is 5.95. The van der Waals surface area contributed by atoms with Gasteiger partial charge in [-0.2, -0.15) is 0 Å². The Bertz CT molecular complexity index is 1050. The van der Waals surface area contributed by atoms with Crippen molar-refractivity contribution in [1.82, 2.24) is 15.3 Å². The van der Waals surface area contributed by atoms with E-state index in [0.717, 1.165) is 32.7 Å². The molecule has 0 saturated carbocycles. The van der Waals surface area contributed by atoms with E-state index in [0.29, 0.717) is 12.2 Å². The number of fused-ring (bicyclic) bond motifs is 1. The molecule has 1 amide bonds. The number of carbonyl (C=O) groups excluding carboxylic acids is 1. The van der Waals surface area contributed by atoms with Crippen LogP contribution in [0.5, 0.6) is 5.75 Å². The number of benzene rings is 1. The highest BCUT2D eigenvalue weighted by Crippen LogP contribution is 2.24. The molecule has 1 aromatic carbocycles. The molecule has 0 aliphatic rings. The lowest BCUT2D eigenvalue weighted by Crippen LogP contribution is -2.23. The fourth-order valence-corrected chi connectivity index (χ4v) is 3.50. The molecule has 0 bridgehead atoms. The summed E-state index contributed by atoms with van der Waals surface area (Å²) in [5.74, 6) is 0.601.